The molecule has 1 aromatic carbocycles. The van der Waals surface area contributed by atoms with Gasteiger partial charge in [-0.15, -0.1) is 11.8 Å². The summed E-state index contributed by atoms with van der Waals surface area (Å²) in [7, 11) is 0. The molecule has 0 bridgehead atoms. The van der Waals surface area contributed by atoms with Gasteiger partial charge in [-0.2, -0.15) is 0 Å². The Morgan fingerprint density at radius 1 is 1.07 bits per heavy atom. The van der Waals surface area contributed by atoms with E-state index in [9.17, 15) is 15.3 Å². The van der Waals surface area contributed by atoms with Crippen LogP contribution in [0.15, 0.2) is 53.9 Å². The number of aliphatic hydroxyl groups is 3. The molecule has 3 N–H and O–H groups in total. The number of hydrogen-bond donors (Lipinski definition) is 3. The number of aryl methyl sites for hydroxylation is 1. The summed E-state index contributed by atoms with van der Waals surface area (Å²) in [5.41, 5.74) is 1.90. The van der Waals surface area contributed by atoms with Crippen LogP contribution in [0.2, 0.25) is 0 Å². The lowest BCUT2D eigenvalue weighted by Crippen LogP contribution is -2.33. The minimum atomic E-state index is -1.14. The van der Waals surface area contributed by atoms with E-state index in [2.05, 4.69) is 22.1 Å². The molecule has 4 rings (SSSR count). The normalized spacial score (nSPS) is 25.3. The van der Waals surface area contributed by atoms with Crippen LogP contribution in [-0.4, -0.2) is 60.5 Å². The summed E-state index contributed by atoms with van der Waals surface area (Å²) >= 11 is 1.65. The van der Waals surface area contributed by atoms with Crippen molar-refractivity contribution < 1.29 is 20.1 Å². The maximum absolute atomic E-state index is 10.3. The Balaban J connectivity index is 1.53. The van der Waals surface area contributed by atoms with Crippen LogP contribution in [0.1, 0.15) is 11.8 Å². The predicted molar refractivity (Wildman–Crippen MR) is 101 cm³/mol. The summed E-state index contributed by atoms with van der Waals surface area (Å²) in [5.74, 6) is 0.884. The summed E-state index contributed by atoms with van der Waals surface area (Å²) in [6, 6.07) is 12.2. The van der Waals surface area contributed by atoms with Crippen molar-refractivity contribution in [2.45, 2.75) is 36.0 Å². The molecule has 142 valence electrons. The Hall–Kier alpha value is -1.97. The Labute approximate surface area is 160 Å². The van der Waals surface area contributed by atoms with Crippen LogP contribution in [0.5, 0.6) is 0 Å². The Morgan fingerprint density at radius 2 is 1.89 bits per heavy atom. The molecule has 3 heterocycles. The lowest BCUT2D eigenvalue weighted by Gasteiger charge is -2.17. The second kappa shape index (κ2) is 7.95. The molecule has 4 atom stereocenters. The molecule has 3 aromatic rings. The van der Waals surface area contributed by atoms with Gasteiger partial charge < -0.3 is 24.6 Å². The van der Waals surface area contributed by atoms with E-state index in [0.29, 0.717) is 5.65 Å². The van der Waals surface area contributed by atoms with Crippen molar-refractivity contribution >= 4 is 22.8 Å². The van der Waals surface area contributed by atoms with Crippen LogP contribution < -0.4 is 0 Å². The number of ether oxygens (including phenoxy) is 1. The maximum atomic E-state index is 10.3. The van der Waals surface area contributed by atoms with Crippen LogP contribution in [0.3, 0.4) is 0 Å². The average molecular weight is 387 g/mol. The predicted octanol–water partition coefficient (Wildman–Crippen LogP) is 1.38. The zero-order valence-electron chi connectivity index (χ0n) is 14.5. The van der Waals surface area contributed by atoms with Crippen LogP contribution in [-0.2, 0) is 11.2 Å². The standard InChI is InChI=1S/C19H21N3O4S/c23-10-14-15(24)16(25)19(26-14)22-8-6-13-17(22)20-11-21-18(13)27-9-7-12-4-2-1-3-5-12/h1-6,8,11,14-16,19,23-25H,7,9-10H2/t14-,15-,16-,19-/m1/s1. The highest BCUT2D eigenvalue weighted by molar-refractivity contribution is 7.99. The van der Waals surface area contributed by atoms with E-state index in [0.717, 1.165) is 22.6 Å². The summed E-state index contributed by atoms with van der Waals surface area (Å²) in [6.07, 6.45) is 0.301. The highest BCUT2D eigenvalue weighted by Crippen LogP contribution is 2.33. The highest BCUT2D eigenvalue weighted by atomic mass is 32.2. The fourth-order valence-electron chi connectivity index (χ4n) is 3.29. The molecule has 1 saturated heterocycles. The van der Waals surface area contributed by atoms with Gasteiger partial charge in [0.1, 0.15) is 35.3 Å². The molecule has 0 unspecified atom stereocenters. The molecular weight excluding hydrogens is 366 g/mol. The van der Waals surface area contributed by atoms with Crippen molar-refractivity contribution in [1.82, 2.24) is 14.5 Å². The van der Waals surface area contributed by atoms with Gasteiger partial charge in [-0.3, -0.25) is 0 Å². The van der Waals surface area contributed by atoms with E-state index >= 15 is 0 Å². The lowest BCUT2D eigenvalue weighted by atomic mass is 10.1. The summed E-state index contributed by atoms with van der Waals surface area (Å²) in [4.78, 5) is 8.72. The molecule has 0 radical (unpaired) electrons. The highest BCUT2D eigenvalue weighted by Gasteiger charge is 2.43. The Bertz CT molecular complexity index is 904. The number of thioether (sulfide) groups is 1. The van der Waals surface area contributed by atoms with Gasteiger partial charge in [-0.1, -0.05) is 30.3 Å². The molecule has 0 spiro atoms. The second-order valence-corrected chi connectivity index (χ2v) is 7.54. The number of fused-ring (bicyclic) bond motifs is 1. The molecule has 2 aromatic heterocycles. The van der Waals surface area contributed by atoms with Gasteiger partial charge in [0.2, 0.25) is 0 Å². The van der Waals surface area contributed by atoms with E-state index in [-0.39, 0.29) is 6.61 Å². The van der Waals surface area contributed by atoms with Gasteiger partial charge >= 0.3 is 0 Å². The van der Waals surface area contributed by atoms with Gasteiger partial charge in [0, 0.05) is 11.9 Å². The Kier molecular flexibility index (Phi) is 5.42. The second-order valence-electron chi connectivity index (χ2n) is 6.45. The first-order valence-electron chi connectivity index (χ1n) is 8.79. The van der Waals surface area contributed by atoms with Crippen molar-refractivity contribution in [3.8, 4) is 0 Å². The van der Waals surface area contributed by atoms with Gasteiger partial charge in [-0.25, -0.2) is 9.97 Å². The van der Waals surface area contributed by atoms with Gasteiger partial charge in [0.15, 0.2) is 6.23 Å². The van der Waals surface area contributed by atoms with Crippen molar-refractivity contribution in [3.63, 3.8) is 0 Å². The first kappa shape index (κ1) is 18.4. The number of rotatable bonds is 6. The van der Waals surface area contributed by atoms with E-state index in [1.807, 2.05) is 24.3 Å². The van der Waals surface area contributed by atoms with Gasteiger partial charge in [-0.05, 0) is 18.1 Å². The molecule has 1 aliphatic heterocycles. The van der Waals surface area contributed by atoms with E-state index in [1.54, 1.807) is 22.5 Å². The monoisotopic (exact) mass is 387 g/mol. The Morgan fingerprint density at radius 3 is 2.63 bits per heavy atom. The minimum absolute atomic E-state index is 0.358. The van der Waals surface area contributed by atoms with Crippen molar-refractivity contribution in [1.29, 1.82) is 0 Å². The van der Waals surface area contributed by atoms with Gasteiger partial charge in [0.05, 0.1) is 12.0 Å². The van der Waals surface area contributed by atoms with Gasteiger partial charge in [0.25, 0.3) is 0 Å². The van der Waals surface area contributed by atoms with Crippen molar-refractivity contribution in [3.05, 3.63) is 54.5 Å². The third-order valence-corrected chi connectivity index (χ3v) is 5.74. The largest absolute Gasteiger partial charge is 0.394 e. The van der Waals surface area contributed by atoms with E-state index in [1.165, 1.54) is 11.9 Å². The summed E-state index contributed by atoms with van der Waals surface area (Å²) < 4.78 is 7.29. The molecule has 0 aliphatic carbocycles. The number of aromatic nitrogens is 3. The maximum Gasteiger partial charge on any atom is 0.164 e. The topological polar surface area (TPSA) is 101 Å². The molecule has 0 saturated carbocycles. The molecule has 1 fully saturated rings. The third-order valence-electron chi connectivity index (χ3n) is 4.74. The smallest absolute Gasteiger partial charge is 0.164 e. The van der Waals surface area contributed by atoms with Crippen LogP contribution >= 0.6 is 11.8 Å². The number of benzene rings is 1. The SMILES string of the molecule is OC[C@H]1O[C@@H](n2ccc3c(SCCc4ccccc4)ncnc32)[C@H](O)[C@@H]1O. The minimum Gasteiger partial charge on any atom is -0.394 e. The average Bonchev–Trinajstić information content (AvgIpc) is 3.25. The fraction of sp³-hybridized carbons (Fsp3) is 0.368. The zero-order chi connectivity index (χ0) is 18.8. The zero-order valence-corrected chi connectivity index (χ0v) is 15.4. The van der Waals surface area contributed by atoms with Crippen molar-refractivity contribution in [2.24, 2.45) is 0 Å². The van der Waals surface area contributed by atoms with Crippen LogP contribution in [0.25, 0.3) is 11.0 Å². The summed E-state index contributed by atoms with van der Waals surface area (Å²) in [5, 5.41) is 31.3. The van der Waals surface area contributed by atoms with E-state index < -0.39 is 24.5 Å². The fourth-order valence-corrected chi connectivity index (χ4v) is 4.26. The first-order valence-corrected chi connectivity index (χ1v) is 9.78. The third kappa shape index (κ3) is 3.59. The number of hydrogen-bond acceptors (Lipinski definition) is 7. The first-order chi connectivity index (χ1) is 13.2. The molecule has 7 nitrogen and oxygen atoms in total. The summed E-state index contributed by atoms with van der Waals surface area (Å²) in [6.45, 7) is -0.358. The number of nitrogens with zero attached hydrogens (tertiary/aromatic N) is 3. The molecule has 27 heavy (non-hydrogen) atoms. The molecule has 1 aliphatic rings. The lowest BCUT2D eigenvalue weighted by molar-refractivity contribution is -0.0508. The van der Waals surface area contributed by atoms with E-state index in [4.69, 9.17) is 4.74 Å². The quantitative estimate of drug-likeness (QED) is 0.434. The van der Waals surface area contributed by atoms with Crippen molar-refractivity contribution in [2.75, 3.05) is 12.4 Å². The molecule has 8 heteroatoms. The molecule has 0 amide bonds. The van der Waals surface area contributed by atoms with Crippen LogP contribution in [0, 0.1) is 0 Å². The molecular formula is C19H21N3O4S. The van der Waals surface area contributed by atoms with Crippen LogP contribution in [0.4, 0.5) is 0 Å². The number of aliphatic hydroxyl groups excluding tert-OH is 3.